The number of nitrogens with one attached hydrogen (secondary N) is 1. The first kappa shape index (κ1) is 12.8. The van der Waals surface area contributed by atoms with Crippen LogP contribution in [0.2, 0.25) is 5.02 Å². The zero-order valence-corrected chi connectivity index (χ0v) is 12.6. The van der Waals surface area contributed by atoms with E-state index in [2.05, 4.69) is 34.8 Å². The number of para-hydroxylation sites is 2. The second-order valence-electron chi connectivity index (χ2n) is 3.93. The van der Waals surface area contributed by atoms with E-state index in [0.29, 0.717) is 5.02 Å². The number of hydrogen-bond donors (Lipinski definition) is 1. The monoisotopic (exact) mass is 306 g/mol. The van der Waals surface area contributed by atoms with Gasteiger partial charge in [-0.2, -0.15) is 0 Å². The van der Waals surface area contributed by atoms with E-state index in [9.17, 15) is 0 Å². The molecule has 0 aliphatic rings. The largest absolute Gasteiger partial charge is 0.330 e. The molecule has 1 N–H and O–H groups in total. The third-order valence-electron chi connectivity index (χ3n) is 2.72. The van der Waals surface area contributed by atoms with Crippen molar-refractivity contribution in [3.05, 3.63) is 47.5 Å². The quantitative estimate of drug-likeness (QED) is 0.654. The van der Waals surface area contributed by atoms with E-state index >= 15 is 0 Å². The highest BCUT2D eigenvalue weighted by Gasteiger charge is 2.08. The number of nitrogens with zero attached hydrogens (tertiary/aromatic N) is 1. The van der Waals surface area contributed by atoms with Crippen molar-refractivity contribution in [3.8, 4) is 0 Å². The highest BCUT2D eigenvalue weighted by atomic mass is 35.5. The van der Waals surface area contributed by atoms with Crippen LogP contribution >= 0.6 is 34.7 Å². The number of anilines is 2. The Labute approximate surface area is 124 Å². The average molecular weight is 307 g/mol. The van der Waals surface area contributed by atoms with Gasteiger partial charge in [-0.1, -0.05) is 41.1 Å². The Bertz CT molecular complexity index is 724. The standard InChI is InChI=1S/C14H11ClN2S2/c1-18-11-7-4-8-12-13(11)17-14(19-12)16-10-6-3-2-5-9(10)15/h2-8H,1H3,(H,16,17). The first-order chi connectivity index (χ1) is 9.28. The molecule has 0 atom stereocenters. The minimum absolute atomic E-state index is 0.701. The predicted octanol–water partition coefficient (Wildman–Crippen LogP) is 5.42. The van der Waals surface area contributed by atoms with Crippen LogP contribution in [0.1, 0.15) is 0 Å². The summed E-state index contributed by atoms with van der Waals surface area (Å²) < 4.78 is 1.18. The van der Waals surface area contributed by atoms with Crippen molar-refractivity contribution >= 4 is 55.7 Å². The van der Waals surface area contributed by atoms with Crippen LogP contribution in [0, 0.1) is 0 Å². The summed E-state index contributed by atoms with van der Waals surface area (Å²) in [6, 6.07) is 13.9. The zero-order chi connectivity index (χ0) is 13.2. The van der Waals surface area contributed by atoms with Crippen molar-refractivity contribution in [2.75, 3.05) is 11.6 Å². The number of thiazole rings is 1. The minimum Gasteiger partial charge on any atom is -0.330 e. The van der Waals surface area contributed by atoms with Gasteiger partial charge in [0.1, 0.15) is 0 Å². The molecule has 2 aromatic carbocycles. The number of rotatable bonds is 3. The maximum Gasteiger partial charge on any atom is 0.188 e. The number of fused-ring (bicyclic) bond motifs is 1. The maximum atomic E-state index is 6.14. The molecule has 0 unspecified atom stereocenters. The van der Waals surface area contributed by atoms with Crippen LogP contribution in [-0.4, -0.2) is 11.2 Å². The van der Waals surface area contributed by atoms with Gasteiger partial charge in [-0.15, -0.1) is 11.8 Å². The van der Waals surface area contributed by atoms with Gasteiger partial charge in [-0.25, -0.2) is 4.98 Å². The third kappa shape index (κ3) is 2.56. The van der Waals surface area contributed by atoms with Crippen molar-refractivity contribution in [2.45, 2.75) is 4.90 Å². The smallest absolute Gasteiger partial charge is 0.188 e. The topological polar surface area (TPSA) is 24.9 Å². The number of benzene rings is 2. The summed E-state index contributed by atoms with van der Waals surface area (Å²) in [6.45, 7) is 0. The normalized spacial score (nSPS) is 10.8. The van der Waals surface area contributed by atoms with Crippen LogP contribution in [0.4, 0.5) is 10.8 Å². The molecule has 2 nitrogen and oxygen atoms in total. The fourth-order valence-electron chi connectivity index (χ4n) is 1.82. The van der Waals surface area contributed by atoms with E-state index in [1.165, 1.54) is 9.60 Å². The Morgan fingerprint density at radius 2 is 2.00 bits per heavy atom. The summed E-state index contributed by atoms with van der Waals surface area (Å²) in [5, 5.41) is 4.85. The van der Waals surface area contributed by atoms with Gasteiger partial charge in [0, 0.05) is 4.90 Å². The minimum atomic E-state index is 0.701. The Balaban J connectivity index is 2.00. The Morgan fingerprint density at radius 3 is 2.79 bits per heavy atom. The van der Waals surface area contributed by atoms with E-state index in [0.717, 1.165) is 16.3 Å². The van der Waals surface area contributed by atoms with Gasteiger partial charge in [-0.3, -0.25) is 0 Å². The Hall–Kier alpha value is -1.23. The predicted molar refractivity (Wildman–Crippen MR) is 86.1 cm³/mol. The van der Waals surface area contributed by atoms with Gasteiger partial charge >= 0.3 is 0 Å². The van der Waals surface area contributed by atoms with Gasteiger partial charge < -0.3 is 5.32 Å². The van der Waals surface area contributed by atoms with E-state index in [1.807, 2.05) is 24.3 Å². The molecule has 3 aromatic rings. The van der Waals surface area contributed by atoms with Crippen LogP contribution in [-0.2, 0) is 0 Å². The Kier molecular flexibility index (Phi) is 3.64. The molecule has 0 amide bonds. The number of halogens is 1. The van der Waals surface area contributed by atoms with Gasteiger partial charge in [0.05, 0.1) is 20.9 Å². The molecule has 0 bridgehead atoms. The fraction of sp³-hybridized carbons (Fsp3) is 0.0714. The first-order valence-electron chi connectivity index (χ1n) is 5.73. The molecule has 0 radical (unpaired) electrons. The molecule has 0 fully saturated rings. The third-order valence-corrected chi connectivity index (χ3v) is 4.75. The van der Waals surface area contributed by atoms with Crippen LogP contribution in [0.15, 0.2) is 47.4 Å². The summed E-state index contributed by atoms with van der Waals surface area (Å²) in [4.78, 5) is 5.84. The van der Waals surface area contributed by atoms with Crippen molar-refractivity contribution in [1.82, 2.24) is 4.98 Å². The van der Waals surface area contributed by atoms with Crippen molar-refractivity contribution in [1.29, 1.82) is 0 Å². The van der Waals surface area contributed by atoms with Crippen LogP contribution in [0.5, 0.6) is 0 Å². The Morgan fingerprint density at radius 1 is 1.16 bits per heavy atom. The lowest BCUT2D eigenvalue weighted by atomic mass is 10.3. The lowest BCUT2D eigenvalue weighted by molar-refractivity contribution is 1.39. The van der Waals surface area contributed by atoms with Crippen LogP contribution < -0.4 is 5.32 Å². The van der Waals surface area contributed by atoms with Crippen molar-refractivity contribution in [2.24, 2.45) is 0 Å². The van der Waals surface area contributed by atoms with Gasteiger partial charge in [-0.05, 0) is 30.5 Å². The summed E-state index contributed by atoms with van der Waals surface area (Å²) in [6.07, 6.45) is 2.06. The molecular weight excluding hydrogens is 296 g/mol. The SMILES string of the molecule is CSc1cccc2sc(Nc3ccccc3Cl)nc12. The number of aromatic nitrogens is 1. The molecule has 0 saturated carbocycles. The molecule has 0 aliphatic heterocycles. The molecule has 0 spiro atoms. The molecule has 3 rings (SSSR count). The number of hydrogen-bond acceptors (Lipinski definition) is 4. The molecule has 96 valence electrons. The van der Waals surface area contributed by atoms with E-state index in [4.69, 9.17) is 11.6 Å². The second kappa shape index (κ2) is 5.41. The molecule has 1 heterocycles. The zero-order valence-electron chi connectivity index (χ0n) is 10.2. The van der Waals surface area contributed by atoms with Crippen molar-refractivity contribution < 1.29 is 0 Å². The van der Waals surface area contributed by atoms with E-state index in [1.54, 1.807) is 23.1 Å². The van der Waals surface area contributed by atoms with Crippen LogP contribution in [0.3, 0.4) is 0 Å². The molecule has 5 heteroatoms. The van der Waals surface area contributed by atoms with E-state index in [-0.39, 0.29) is 0 Å². The fourth-order valence-corrected chi connectivity index (χ4v) is 3.54. The molecule has 19 heavy (non-hydrogen) atoms. The molecule has 1 aromatic heterocycles. The van der Waals surface area contributed by atoms with E-state index < -0.39 is 0 Å². The summed E-state index contributed by atoms with van der Waals surface area (Å²) in [5.41, 5.74) is 1.93. The number of thioether (sulfide) groups is 1. The second-order valence-corrected chi connectivity index (χ2v) is 6.22. The van der Waals surface area contributed by atoms with Gasteiger partial charge in [0.25, 0.3) is 0 Å². The van der Waals surface area contributed by atoms with Crippen LogP contribution in [0.25, 0.3) is 10.2 Å². The highest BCUT2D eigenvalue weighted by molar-refractivity contribution is 7.98. The highest BCUT2D eigenvalue weighted by Crippen LogP contribution is 2.34. The lowest BCUT2D eigenvalue weighted by Crippen LogP contribution is -1.89. The van der Waals surface area contributed by atoms with Gasteiger partial charge in [0.2, 0.25) is 0 Å². The molecular formula is C14H11ClN2S2. The molecule has 0 aliphatic carbocycles. The first-order valence-corrected chi connectivity index (χ1v) is 8.15. The summed E-state index contributed by atoms with van der Waals surface area (Å²) in [5.74, 6) is 0. The average Bonchev–Trinajstić information content (AvgIpc) is 2.83. The van der Waals surface area contributed by atoms with Crippen molar-refractivity contribution in [3.63, 3.8) is 0 Å². The summed E-state index contributed by atoms with van der Waals surface area (Å²) >= 11 is 9.49. The van der Waals surface area contributed by atoms with Gasteiger partial charge in [0.15, 0.2) is 5.13 Å². The molecule has 0 saturated heterocycles. The lowest BCUT2D eigenvalue weighted by Gasteiger charge is -2.03. The maximum absolute atomic E-state index is 6.14. The summed E-state index contributed by atoms with van der Waals surface area (Å²) in [7, 11) is 0.